The minimum Gasteiger partial charge on any atom is -0.485 e. The lowest BCUT2D eigenvalue weighted by molar-refractivity contribution is 0.0310. The Morgan fingerprint density at radius 3 is 2.59 bits per heavy atom. The van der Waals surface area contributed by atoms with Crippen molar-refractivity contribution in [3.8, 4) is 5.75 Å². The van der Waals surface area contributed by atoms with Gasteiger partial charge in [0.1, 0.15) is 16.7 Å². The van der Waals surface area contributed by atoms with Crippen LogP contribution in [0.4, 0.5) is 5.69 Å². The number of anilines is 1. The second-order valence-corrected chi connectivity index (χ2v) is 12.5. The average Bonchev–Trinajstić information content (AvgIpc) is 3.35. The molecule has 0 unspecified atom stereocenters. The Kier molecular flexibility index (Phi) is 9.51. The summed E-state index contributed by atoms with van der Waals surface area (Å²) in [5, 5.41) is 0. The summed E-state index contributed by atoms with van der Waals surface area (Å²) in [6.07, 6.45) is 4.74. The van der Waals surface area contributed by atoms with Crippen LogP contribution < -0.4 is 9.64 Å². The highest BCUT2D eigenvalue weighted by atomic mass is 32.2. The van der Waals surface area contributed by atoms with Crippen LogP contribution in [-0.4, -0.2) is 76.1 Å². The summed E-state index contributed by atoms with van der Waals surface area (Å²) in [5.74, 6) is 0.433. The molecule has 2 aliphatic heterocycles. The SMILES string of the molecule is CCCCC[C@H](C)N1C[C@H](COCc2ccccc2)Oc2cc(N3CC[C@@H](N(C)C)C3)ccc2S1(=O)=O. The molecule has 3 atom stereocenters. The van der Waals surface area contributed by atoms with Gasteiger partial charge < -0.3 is 19.3 Å². The Hall–Kier alpha value is -2.13. The Balaban J connectivity index is 1.58. The molecule has 0 bridgehead atoms. The molecule has 1 fully saturated rings. The van der Waals surface area contributed by atoms with Crippen molar-refractivity contribution >= 4 is 15.7 Å². The molecule has 0 spiro atoms. The zero-order chi connectivity index (χ0) is 26.4. The van der Waals surface area contributed by atoms with Crippen LogP contribution in [0.3, 0.4) is 0 Å². The highest BCUT2D eigenvalue weighted by Crippen LogP contribution is 2.37. The van der Waals surface area contributed by atoms with E-state index < -0.39 is 16.1 Å². The normalized spacial score (nSPS) is 22.5. The Morgan fingerprint density at radius 2 is 1.89 bits per heavy atom. The fraction of sp³-hybridized carbons (Fsp3) is 0.586. The van der Waals surface area contributed by atoms with Gasteiger partial charge in [-0.3, -0.25) is 0 Å². The smallest absolute Gasteiger partial charge is 0.247 e. The van der Waals surface area contributed by atoms with Crippen LogP contribution in [0.15, 0.2) is 53.4 Å². The maximum atomic E-state index is 13.9. The Morgan fingerprint density at radius 1 is 1.11 bits per heavy atom. The van der Waals surface area contributed by atoms with E-state index >= 15 is 0 Å². The van der Waals surface area contributed by atoms with Gasteiger partial charge in [0.25, 0.3) is 0 Å². The average molecular weight is 530 g/mol. The molecule has 0 aliphatic carbocycles. The highest BCUT2D eigenvalue weighted by molar-refractivity contribution is 7.89. The van der Waals surface area contributed by atoms with E-state index in [2.05, 4.69) is 30.8 Å². The van der Waals surface area contributed by atoms with Gasteiger partial charge in [0.15, 0.2) is 0 Å². The minimum atomic E-state index is -3.70. The summed E-state index contributed by atoms with van der Waals surface area (Å²) < 4.78 is 41.9. The van der Waals surface area contributed by atoms with Gasteiger partial charge in [0.05, 0.1) is 19.8 Å². The van der Waals surface area contributed by atoms with Crippen molar-refractivity contribution in [2.24, 2.45) is 0 Å². The molecular weight excluding hydrogens is 486 g/mol. The fourth-order valence-corrected chi connectivity index (χ4v) is 7.05. The van der Waals surface area contributed by atoms with E-state index in [1.807, 2.05) is 49.4 Å². The van der Waals surface area contributed by atoms with Crippen molar-refractivity contribution in [2.75, 3.05) is 45.2 Å². The summed E-state index contributed by atoms with van der Waals surface area (Å²) in [6.45, 7) is 7.10. The van der Waals surface area contributed by atoms with Crippen molar-refractivity contribution in [3.05, 3.63) is 54.1 Å². The third-order valence-electron chi connectivity index (χ3n) is 7.58. The van der Waals surface area contributed by atoms with E-state index in [9.17, 15) is 8.42 Å². The van der Waals surface area contributed by atoms with Crippen LogP contribution in [0.25, 0.3) is 0 Å². The predicted octanol–water partition coefficient (Wildman–Crippen LogP) is 4.76. The summed E-state index contributed by atoms with van der Waals surface area (Å²) in [7, 11) is 0.512. The largest absolute Gasteiger partial charge is 0.485 e. The van der Waals surface area contributed by atoms with Crippen molar-refractivity contribution in [2.45, 2.75) is 75.6 Å². The van der Waals surface area contributed by atoms with Crippen molar-refractivity contribution < 1.29 is 17.9 Å². The number of rotatable bonds is 11. The second kappa shape index (κ2) is 12.6. The van der Waals surface area contributed by atoms with E-state index in [0.29, 0.717) is 25.0 Å². The first kappa shape index (κ1) is 27.9. The van der Waals surface area contributed by atoms with E-state index in [-0.39, 0.29) is 17.5 Å². The van der Waals surface area contributed by atoms with Gasteiger partial charge in [-0.2, -0.15) is 4.31 Å². The van der Waals surface area contributed by atoms with Crippen LogP contribution in [0.2, 0.25) is 0 Å². The maximum Gasteiger partial charge on any atom is 0.247 e. The standard InChI is InChI=1S/C29H43N3O4S/c1-5-6-8-11-23(2)32-20-27(22-35-21-24-12-9-7-10-13-24)36-28-18-25(14-15-29(28)37(32,33)34)31-17-16-26(19-31)30(3)4/h7,9-10,12-15,18,23,26-27H,5-6,8,11,16-17,19-22H2,1-4H3/t23-,26+,27+/m0/s1. The zero-order valence-corrected chi connectivity index (χ0v) is 23.6. The number of hydrogen-bond acceptors (Lipinski definition) is 6. The molecule has 0 N–H and O–H groups in total. The van der Waals surface area contributed by atoms with E-state index in [1.165, 1.54) is 0 Å². The number of likely N-dealkylation sites (N-methyl/N-ethyl adjacent to an activating group) is 1. The monoisotopic (exact) mass is 529 g/mol. The molecule has 0 radical (unpaired) electrons. The molecule has 2 aromatic carbocycles. The van der Waals surface area contributed by atoms with Crippen LogP contribution in [-0.2, 0) is 21.4 Å². The fourth-order valence-electron chi connectivity index (χ4n) is 5.26. The summed E-state index contributed by atoms with van der Waals surface area (Å²) in [4.78, 5) is 4.83. The van der Waals surface area contributed by atoms with E-state index in [4.69, 9.17) is 9.47 Å². The quantitative estimate of drug-likeness (QED) is 0.391. The lowest BCUT2D eigenvalue weighted by atomic mass is 10.1. The van der Waals surface area contributed by atoms with Crippen LogP contribution in [0.5, 0.6) is 5.75 Å². The van der Waals surface area contributed by atoms with Crippen molar-refractivity contribution in [1.82, 2.24) is 9.21 Å². The number of hydrogen-bond donors (Lipinski definition) is 0. The molecule has 0 amide bonds. The number of nitrogens with zero attached hydrogens (tertiary/aromatic N) is 3. The number of fused-ring (bicyclic) bond motifs is 1. The summed E-state index contributed by atoms with van der Waals surface area (Å²) in [6, 6.07) is 16.0. The highest BCUT2D eigenvalue weighted by Gasteiger charge is 2.38. The van der Waals surface area contributed by atoms with Gasteiger partial charge in [-0.1, -0.05) is 56.5 Å². The predicted molar refractivity (Wildman–Crippen MR) is 149 cm³/mol. The maximum absolute atomic E-state index is 13.9. The zero-order valence-electron chi connectivity index (χ0n) is 22.8. The molecule has 8 heteroatoms. The van der Waals surface area contributed by atoms with Gasteiger partial charge in [0, 0.05) is 36.9 Å². The molecule has 0 aromatic heterocycles. The van der Waals surface area contributed by atoms with Gasteiger partial charge in [-0.15, -0.1) is 0 Å². The van der Waals surface area contributed by atoms with E-state index in [1.54, 1.807) is 10.4 Å². The lowest BCUT2D eigenvalue weighted by Gasteiger charge is -2.28. The molecule has 7 nitrogen and oxygen atoms in total. The first-order valence-corrected chi connectivity index (χ1v) is 15.1. The third-order valence-corrected chi connectivity index (χ3v) is 9.60. The number of ether oxygens (including phenoxy) is 2. The topological polar surface area (TPSA) is 62.3 Å². The molecule has 1 saturated heterocycles. The molecule has 2 aliphatic rings. The molecular formula is C29H43N3O4S. The number of unbranched alkanes of at least 4 members (excludes halogenated alkanes) is 2. The van der Waals surface area contributed by atoms with Gasteiger partial charge in [0.2, 0.25) is 10.0 Å². The van der Waals surface area contributed by atoms with Crippen molar-refractivity contribution in [3.63, 3.8) is 0 Å². The molecule has 4 rings (SSSR count). The molecule has 204 valence electrons. The van der Waals surface area contributed by atoms with Gasteiger partial charge in [-0.25, -0.2) is 8.42 Å². The van der Waals surface area contributed by atoms with Gasteiger partial charge in [-0.05, 0) is 51.6 Å². The van der Waals surface area contributed by atoms with Crippen LogP contribution in [0.1, 0.15) is 51.5 Å². The van der Waals surface area contributed by atoms with Gasteiger partial charge >= 0.3 is 0 Å². The van der Waals surface area contributed by atoms with Crippen LogP contribution >= 0.6 is 0 Å². The number of benzene rings is 2. The Bertz CT molecular complexity index is 1110. The first-order valence-electron chi connectivity index (χ1n) is 13.6. The second-order valence-electron chi connectivity index (χ2n) is 10.6. The summed E-state index contributed by atoms with van der Waals surface area (Å²) >= 11 is 0. The summed E-state index contributed by atoms with van der Waals surface area (Å²) in [5.41, 5.74) is 2.09. The first-order chi connectivity index (χ1) is 17.8. The lowest BCUT2D eigenvalue weighted by Crippen LogP contribution is -2.44. The molecule has 2 aromatic rings. The minimum absolute atomic E-state index is 0.109. The van der Waals surface area contributed by atoms with Crippen LogP contribution in [0, 0.1) is 0 Å². The van der Waals surface area contributed by atoms with E-state index in [0.717, 1.165) is 56.4 Å². The molecule has 0 saturated carbocycles. The third kappa shape index (κ3) is 6.85. The molecule has 37 heavy (non-hydrogen) atoms. The van der Waals surface area contributed by atoms with Crippen molar-refractivity contribution in [1.29, 1.82) is 0 Å². The molecule has 2 heterocycles. The Labute approximate surface area is 223 Å². The number of sulfonamides is 1.